The van der Waals surface area contributed by atoms with E-state index in [-0.39, 0.29) is 28.2 Å². The van der Waals surface area contributed by atoms with Gasteiger partial charge in [-0.15, -0.1) is 0 Å². The molecule has 1 aliphatic carbocycles. The summed E-state index contributed by atoms with van der Waals surface area (Å²) in [6.45, 7) is 0. The summed E-state index contributed by atoms with van der Waals surface area (Å²) < 4.78 is 31.2. The average molecular weight is 515 g/mol. The molecule has 0 radical (unpaired) electrons. The van der Waals surface area contributed by atoms with Crippen LogP contribution in [0.1, 0.15) is 12.8 Å². The van der Waals surface area contributed by atoms with E-state index in [1.54, 1.807) is 30.3 Å². The number of phenols is 1. The fraction of sp³-hybridized carbons (Fsp3) is 0.111. The molecule has 6 rings (SSSR count). The minimum absolute atomic E-state index is 0.00397. The number of carbonyl (C=O) groups is 1. The normalized spacial score (nSPS) is 13.5. The van der Waals surface area contributed by atoms with Gasteiger partial charge in [-0.1, -0.05) is 24.3 Å². The van der Waals surface area contributed by atoms with Crippen molar-refractivity contribution in [3.63, 3.8) is 0 Å². The van der Waals surface area contributed by atoms with Gasteiger partial charge in [-0.05, 0) is 61.4 Å². The Morgan fingerprint density at radius 1 is 0.973 bits per heavy atom. The molecule has 1 aliphatic rings. The van der Waals surface area contributed by atoms with Crippen LogP contribution in [0.15, 0.2) is 83.8 Å². The van der Waals surface area contributed by atoms with Gasteiger partial charge in [0.25, 0.3) is 0 Å². The smallest absolute Gasteiger partial charge is 0.339 e. The fourth-order valence-corrected chi connectivity index (χ4v) is 5.02. The van der Waals surface area contributed by atoms with Crippen LogP contribution < -0.4 is 14.8 Å². The summed E-state index contributed by atoms with van der Waals surface area (Å²) in [7, 11) is -4.09. The molecule has 9 nitrogen and oxygen atoms in total. The third kappa shape index (κ3) is 4.66. The minimum Gasteiger partial charge on any atom is -0.507 e. The van der Waals surface area contributed by atoms with Crippen molar-refractivity contribution in [2.24, 2.45) is 5.92 Å². The SMILES string of the molecule is O=C(Nc1nc2ccc(OS(=O)(=O)c3ccc(Nc4cccc5c(O)cccc45)cc3)cc2[nH]1)C1CC1. The van der Waals surface area contributed by atoms with Gasteiger partial charge in [0.2, 0.25) is 11.9 Å². The number of anilines is 3. The van der Waals surface area contributed by atoms with Crippen LogP contribution in [0.3, 0.4) is 0 Å². The number of aromatic amines is 1. The molecule has 0 atom stereocenters. The van der Waals surface area contributed by atoms with Crippen LogP contribution >= 0.6 is 0 Å². The number of rotatable bonds is 7. The van der Waals surface area contributed by atoms with Gasteiger partial charge in [-0.2, -0.15) is 8.42 Å². The average Bonchev–Trinajstić information content (AvgIpc) is 3.66. The Balaban J connectivity index is 1.18. The molecule has 1 aromatic heterocycles. The number of hydrogen-bond donors (Lipinski definition) is 4. The van der Waals surface area contributed by atoms with E-state index in [0.29, 0.717) is 28.1 Å². The highest BCUT2D eigenvalue weighted by atomic mass is 32.2. The van der Waals surface area contributed by atoms with Crippen molar-refractivity contribution < 1.29 is 22.5 Å². The second kappa shape index (κ2) is 8.82. The standard InChI is InChI=1S/C27H22N4O5S/c32-25-6-2-3-20-21(25)4-1-5-22(20)28-17-9-12-19(13-10-17)37(34,35)36-18-11-14-23-24(15-18)30-27(29-23)31-26(33)16-7-8-16/h1-6,9-16,28,32H,7-8H2,(H2,29,30,31,33). The maximum absolute atomic E-state index is 12.9. The summed E-state index contributed by atoms with van der Waals surface area (Å²) in [5.74, 6) is 0.589. The van der Waals surface area contributed by atoms with Crippen LogP contribution in [-0.2, 0) is 14.9 Å². The number of phenolic OH excluding ortho intramolecular Hbond substituents is 1. The summed E-state index contributed by atoms with van der Waals surface area (Å²) in [6, 6.07) is 21.7. The summed E-state index contributed by atoms with van der Waals surface area (Å²) >= 11 is 0. The lowest BCUT2D eigenvalue weighted by molar-refractivity contribution is -0.117. The lowest BCUT2D eigenvalue weighted by atomic mass is 10.1. The molecule has 0 saturated heterocycles. The number of amides is 1. The topological polar surface area (TPSA) is 133 Å². The second-order valence-electron chi connectivity index (χ2n) is 8.89. The Kier molecular flexibility index (Phi) is 5.45. The number of aromatic hydroxyl groups is 1. The first-order valence-corrected chi connectivity index (χ1v) is 13.1. The van der Waals surface area contributed by atoms with Crippen molar-refractivity contribution >= 4 is 55.2 Å². The predicted molar refractivity (Wildman–Crippen MR) is 141 cm³/mol. The van der Waals surface area contributed by atoms with E-state index in [1.807, 2.05) is 24.3 Å². The lowest BCUT2D eigenvalue weighted by Gasteiger charge is -2.12. The molecule has 10 heteroatoms. The van der Waals surface area contributed by atoms with E-state index < -0.39 is 10.1 Å². The molecular formula is C27H22N4O5S. The number of nitrogens with zero attached hydrogens (tertiary/aromatic N) is 1. The Bertz CT molecular complexity index is 1760. The zero-order valence-electron chi connectivity index (χ0n) is 19.4. The highest BCUT2D eigenvalue weighted by Crippen LogP contribution is 2.32. The molecule has 0 aliphatic heterocycles. The van der Waals surface area contributed by atoms with Crippen molar-refractivity contribution in [1.82, 2.24) is 9.97 Å². The molecular weight excluding hydrogens is 492 g/mol. The maximum Gasteiger partial charge on any atom is 0.339 e. The number of H-pyrrole nitrogens is 1. The Hall–Kier alpha value is -4.57. The largest absolute Gasteiger partial charge is 0.507 e. The maximum atomic E-state index is 12.9. The van der Waals surface area contributed by atoms with E-state index in [1.165, 1.54) is 24.3 Å². The molecule has 1 amide bonds. The van der Waals surface area contributed by atoms with Crippen LogP contribution in [0.4, 0.5) is 17.3 Å². The van der Waals surface area contributed by atoms with Gasteiger partial charge in [0.15, 0.2) is 0 Å². The molecule has 1 heterocycles. The van der Waals surface area contributed by atoms with Crippen molar-refractivity contribution in [3.05, 3.63) is 78.9 Å². The summed E-state index contributed by atoms with van der Waals surface area (Å²) in [5, 5.41) is 17.6. The first-order chi connectivity index (χ1) is 17.9. The van der Waals surface area contributed by atoms with E-state index in [9.17, 15) is 18.3 Å². The van der Waals surface area contributed by atoms with Crippen molar-refractivity contribution in [3.8, 4) is 11.5 Å². The van der Waals surface area contributed by atoms with Gasteiger partial charge in [0.1, 0.15) is 16.4 Å². The van der Waals surface area contributed by atoms with Crippen molar-refractivity contribution in [2.75, 3.05) is 10.6 Å². The zero-order chi connectivity index (χ0) is 25.6. The number of nitrogens with one attached hydrogen (secondary N) is 3. The van der Waals surface area contributed by atoms with Crippen LogP contribution in [0.2, 0.25) is 0 Å². The number of fused-ring (bicyclic) bond motifs is 2. The van der Waals surface area contributed by atoms with Gasteiger partial charge >= 0.3 is 10.1 Å². The summed E-state index contributed by atoms with van der Waals surface area (Å²) in [5.41, 5.74) is 2.57. The van der Waals surface area contributed by atoms with Crippen LogP contribution in [0.25, 0.3) is 21.8 Å². The number of aromatic nitrogens is 2. The van der Waals surface area contributed by atoms with Gasteiger partial charge in [-0.3, -0.25) is 10.1 Å². The monoisotopic (exact) mass is 514 g/mol. The molecule has 5 aromatic rings. The van der Waals surface area contributed by atoms with Gasteiger partial charge in [0, 0.05) is 34.1 Å². The van der Waals surface area contributed by atoms with Gasteiger partial charge in [0.05, 0.1) is 11.0 Å². The molecule has 0 spiro atoms. The van der Waals surface area contributed by atoms with Crippen LogP contribution in [0, 0.1) is 5.92 Å². The van der Waals surface area contributed by atoms with Crippen molar-refractivity contribution in [2.45, 2.75) is 17.7 Å². The quantitative estimate of drug-likeness (QED) is 0.217. The van der Waals surface area contributed by atoms with Gasteiger partial charge < -0.3 is 19.6 Å². The summed E-state index contributed by atoms with van der Waals surface area (Å²) in [4.78, 5) is 19.3. The lowest BCUT2D eigenvalue weighted by Crippen LogP contribution is -2.14. The Labute approximate surface area is 212 Å². The highest BCUT2D eigenvalue weighted by Gasteiger charge is 2.30. The van der Waals surface area contributed by atoms with E-state index in [4.69, 9.17) is 4.18 Å². The molecule has 4 N–H and O–H groups in total. The van der Waals surface area contributed by atoms with E-state index in [0.717, 1.165) is 23.9 Å². The molecule has 1 saturated carbocycles. The van der Waals surface area contributed by atoms with Gasteiger partial charge in [-0.25, -0.2) is 4.98 Å². The molecule has 0 bridgehead atoms. The number of hydrogen-bond acceptors (Lipinski definition) is 7. The number of carbonyl (C=O) groups excluding carboxylic acids is 1. The predicted octanol–water partition coefficient (Wildman–Crippen LogP) is 5.28. The molecule has 4 aromatic carbocycles. The third-order valence-electron chi connectivity index (χ3n) is 6.17. The Morgan fingerprint density at radius 3 is 2.51 bits per heavy atom. The molecule has 0 unspecified atom stereocenters. The zero-order valence-corrected chi connectivity index (χ0v) is 20.2. The fourth-order valence-electron chi connectivity index (χ4n) is 4.10. The number of benzene rings is 4. The third-order valence-corrected chi connectivity index (χ3v) is 7.43. The van der Waals surface area contributed by atoms with E-state index >= 15 is 0 Å². The summed E-state index contributed by atoms with van der Waals surface area (Å²) in [6.07, 6.45) is 1.76. The van der Waals surface area contributed by atoms with Crippen LogP contribution in [0.5, 0.6) is 11.5 Å². The molecule has 1 fully saturated rings. The van der Waals surface area contributed by atoms with E-state index in [2.05, 4.69) is 20.6 Å². The minimum atomic E-state index is -4.09. The van der Waals surface area contributed by atoms with Crippen LogP contribution in [-0.4, -0.2) is 29.4 Å². The highest BCUT2D eigenvalue weighted by molar-refractivity contribution is 7.87. The Morgan fingerprint density at radius 2 is 1.73 bits per heavy atom. The molecule has 37 heavy (non-hydrogen) atoms. The first kappa shape index (κ1) is 22.9. The first-order valence-electron chi connectivity index (χ1n) is 11.7. The number of imidazole rings is 1. The second-order valence-corrected chi connectivity index (χ2v) is 10.4. The molecule has 186 valence electrons. The van der Waals surface area contributed by atoms with Crippen molar-refractivity contribution in [1.29, 1.82) is 0 Å².